The number of carbonyl (C=O) groups excluding carboxylic acids is 1. The van der Waals surface area contributed by atoms with E-state index >= 15 is 0 Å². The minimum atomic E-state index is -0.213. The number of carbonyl (C=O) groups is 1. The minimum absolute atomic E-state index is 0. The number of ether oxygens (including phenoxy) is 2. The molecule has 0 spiro atoms. The Morgan fingerprint density at radius 3 is 2.48 bits per heavy atom. The first-order valence-corrected chi connectivity index (χ1v) is 11.9. The molecule has 2 heterocycles. The third kappa shape index (κ3) is 7.91. The average Bonchev–Trinajstić information content (AvgIpc) is 2.85. The van der Waals surface area contributed by atoms with E-state index in [2.05, 4.69) is 32.7 Å². The fraction of sp³-hybridized carbons (Fsp3) is 0.667. The van der Waals surface area contributed by atoms with Crippen LogP contribution in [0.1, 0.15) is 50.6 Å². The van der Waals surface area contributed by atoms with Crippen LogP contribution in [0, 0.1) is 0 Å². The average molecular weight is 574 g/mol. The van der Waals surface area contributed by atoms with E-state index in [0.29, 0.717) is 19.7 Å². The Hall–Kier alpha value is -1.75. The number of nitrogens with one attached hydrogen (secondary N) is 2. The van der Waals surface area contributed by atoms with Gasteiger partial charge in [-0.3, -0.25) is 9.89 Å². The monoisotopic (exact) mass is 573 g/mol. The van der Waals surface area contributed by atoms with Gasteiger partial charge in [0.1, 0.15) is 5.75 Å². The molecule has 2 aliphatic rings. The maximum absolute atomic E-state index is 11.9. The SMILES string of the molecule is CCOC(=O)N1CCC(NC(=NC)NCC(c2ccccc2OC)N2CCCCC2)CC1.I. The van der Waals surface area contributed by atoms with Crippen LogP contribution in [0.25, 0.3) is 0 Å². The molecule has 186 valence electrons. The highest BCUT2D eigenvalue weighted by atomic mass is 127. The molecule has 1 unspecified atom stereocenters. The van der Waals surface area contributed by atoms with Gasteiger partial charge in [0.15, 0.2) is 5.96 Å². The number of hydrogen-bond acceptors (Lipinski definition) is 5. The van der Waals surface area contributed by atoms with Gasteiger partial charge < -0.3 is 25.0 Å². The lowest BCUT2D eigenvalue weighted by molar-refractivity contribution is 0.0963. The first-order valence-electron chi connectivity index (χ1n) is 11.9. The van der Waals surface area contributed by atoms with E-state index in [4.69, 9.17) is 9.47 Å². The predicted octanol–water partition coefficient (Wildman–Crippen LogP) is 3.63. The van der Waals surface area contributed by atoms with Crippen molar-refractivity contribution in [1.82, 2.24) is 20.4 Å². The molecule has 0 bridgehead atoms. The molecule has 2 aliphatic heterocycles. The summed E-state index contributed by atoms with van der Waals surface area (Å²) in [4.78, 5) is 20.7. The van der Waals surface area contributed by atoms with Crippen LogP contribution in [-0.4, -0.2) is 81.4 Å². The van der Waals surface area contributed by atoms with Gasteiger partial charge in [-0.25, -0.2) is 4.79 Å². The van der Waals surface area contributed by atoms with Crippen molar-refractivity contribution in [3.63, 3.8) is 0 Å². The molecule has 33 heavy (non-hydrogen) atoms. The fourth-order valence-electron chi connectivity index (χ4n) is 4.61. The van der Waals surface area contributed by atoms with Crippen molar-refractivity contribution in [2.24, 2.45) is 4.99 Å². The maximum Gasteiger partial charge on any atom is 0.409 e. The first kappa shape index (κ1) is 27.5. The molecule has 9 heteroatoms. The van der Waals surface area contributed by atoms with Crippen LogP contribution < -0.4 is 15.4 Å². The fourth-order valence-corrected chi connectivity index (χ4v) is 4.61. The van der Waals surface area contributed by atoms with Gasteiger partial charge in [0.25, 0.3) is 0 Å². The van der Waals surface area contributed by atoms with Gasteiger partial charge in [-0.2, -0.15) is 0 Å². The van der Waals surface area contributed by atoms with Crippen molar-refractivity contribution in [3.8, 4) is 5.75 Å². The Morgan fingerprint density at radius 1 is 1.15 bits per heavy atom. The molecule has 0 aliphatic carbocycles. The highest BCUT2D eigenvalue weighted by Gasteiger charge is 2.27. The number of para-hydroxylation sites is 1. The summed E-state index contributed by atoms with van der Waals surface area (Å²) in [5, 5.41) is 7.10. The Kier molecular flexibility index (Phi) is 12.1. The van der Waals surface area contributed by atoms with Crippen LogP contribution in [0.5, 0.6) is 5.75 Å². The molecule has 1 amide bonds. The van der Waals surface area contributed by atoms with Crippen LogP contribution >= 0.6 is 24.0 Å². The van der Waals surface area contributed by atoms with Crippen molar-refractivity contribution < 1.29 is 14.3 Å². The zero-order chi connectivity index (χ0) is 22.8. The molecular weight excluding hydrogens is 533 g/mol. The predicted molar refractivity (Wildman–Crippen MR) is 143 cm³/mol. The van der Waals surface area contributed by atoms with Gasteiger partial charge in [0.2, 0.25) is 0 Å². The summed E-state index contributed by atoms with van der Waals surface area (Å²) < 4.78 is 10.8. The normalized spacial score (nSPS) is 18.8. The number of rotatable bonds is 7. The lowest BCUT2D eigenvalue weighted by Gasteiger charge is -2.36. The molecule has 0 saturated carbocycles. The largest absolute Gasteiger partial charge is 0.496 e. The second-order valence-corrected chi connectivity index (χ2v) is 8.41. The lowest BCUT2D eigenvalue weighted by atomic mass is 10.0. The number of nitrogens with zero attached hydrogens (tertiary/aromatic N) is 3. The Bertz CT molecular complexity index is 749. The van der Waals surface area contributed by atoms with Crippen molar-refractivity contribution in [2.75, 3.05) is 53.5 Å². The number of likely N-dealkylation sites (tertiary alicyclic amines) is 2. The quantitative estimate of drug-likeness (QED) is 0.295. The summed E-state index contributed by atoms with van der Waals surface area (Å²) in [6.45, 7) is 6.60. The van der Waals surface area contributed by atoms with E-state index in [1.54, 1.807) is 12.0 Å². The summed E-state index contributed by atoms with van der Waals surface area (Å²) >= 11 is 0. The molecule has 3 rings (SSSR count). The van der Waals surface area contributed by atoms with E-state index in [0.717, 1.165) is 44.2 Å². The third-order valence-corrected chi connectivity index (χ3v) is 6.38. The molecule has 0 aromatic heterocycles. The molecule has 0 radical (unpaired) electrons. The van der Waals surface area contributed by atoms with E-state index < -0.39 is 0 Å². The van der Waals surface area contributed by atoms with Gasteiger partial charge in [0, 0.05) is 38.3 Å². The summed E-state index contributed by atoms with van der Waals surface area (Å²) in [6.07, 6.45) is 5.31. The number of halogens is 1. The first-order chi connectivity index (χ1) is 15.7. The zero-order valence-corrected chi connectivity index (χ0v) is 22.5. The molecular formula is C24H40IN5O3. The Labute approximate surface area is 215 Å². The molecule has 2 N–H and O–H groups in total. The Balaban J connectivity index is 0.00000385. The second kappa shape index (κ2) is 14.5. The standard InChI is InChI=1S/C24H39N5O3.HI/c1-4-32-24(30)29-16-12-19(13-17-29)27-23(25-2)26-18-21(28-14-8-5-9-15-28)20-10-6-7-11-22(20)31-3;/h6-7,10-11,19,21H,4-5,8-9,12-18H2,1-3H3,(H2,25,26,27);1H. The summed E-state index contributed by atoms with van der Waals surface area (Å²) in [5.41, 5.74) is 1.21. The molecule has 1 aromatic carbocycles. The van der Waals surface area contributed by atoms with Crippen LogP contribution in [0.4, 0.5) is 4.79 Å². The lowest BCUT2D eigenvalue weighted by Crippen LogP contribution is -2.51. The minimum Gasteiger partial charge on any atom is -0.496 e. The number of methoxy groups -OCH3 is 1. The van der Waals surface area contributed by atoms with Crippen molar-refractivity contribution in [3.05, 3.63) is 29.8 Å². The number of benzene rings is 1. The topological polar surface area (TPSA) is 78.4 Å². The number of piperidine rings is 2. The van der Waals surface area contributed by atoms with Gasteiger partial charge in [-0.15, -0.1) is 24.0 Å². The van der Waals surface area contributed by atoms with Crippen LogP contribution in [0.3, 0.4) is 0 Å². The highest BCUT2D eigenvalue weighted by Crippen LogP contribution is 2.30. The van der Waals surface area contributed by atoms with E-state index in [9.17, 15) is 4.79 Å². The van der Waals surface area contributed by atoms with E-state index in [1.165, 1.54) is 24.8 Å². The molecule has 2 fully saturated rings. The number of aliphatic imine (C=N–C) groups is 1. The molecule has 2 saturated heterocycles. The van der Waals surface area contributed by atoms with Gasteiger partial charge >= 0.3 is 6.09 Å². The zero-order valence-electron chi connectivity index (χ0n) is 20.2. The highest BCUT2D eigenvalue weighted by molar-refractivity contribution is 14.0. The van der Waals surface area contributed by atoms with E-state index in [-0.39, 0.29) is 42.2 Å². The van der Waals surface area contributed by atoms with Crippen LogP contribution in [-0.2, 0) is 4.74 Å². The maximum atomic E-state index is 11.9. The van der Waals surface area contributed by atoms with Gasteiger partial charge in [-0.05, 0) is 51.8 Å². The molecule has 8 nitrogen and oxygen atoms in total. The third-order valence-electron chi connectivity index (χ3n) is 6.38. The van der Waals surface area contributed by atoms with Gasteiger partial charge in [-0.1, -0.05) is 24.6 Å². The van der Waals surface area contributed by atoms with Crippen LogP contribution in [0.2, 0.25) is 0 Å². The van der Waals surface area contributed by atoms with Crippen molar-refractivity contribution in [1.29, 1.82) is 0 Å². The summed E-state index contributed by atoms with van der Waals surface area (Å²) in [5.74, 6) is 1.73. The van der Waals surface area contributed by atoms with E-state index in [1.807, 2.05) is 26.1 Å². The summed E-state index contributed by atoms with van der Waals surface area (Å²) in [7, 11) is 3.55. The number of amides is 1. The second-order valence-electron chi connectivity index (χ2n) is 8.41. The molecule has 1 aromatic rings. The number of guanidine groups is 1. The summed E-state index contributed by atoms with van der Waals surface area (Å²) in [6, 6.07) is 8.81. The van der Waals surface area contributed by atoms with Crippen molar-refractivity contribution in [2.45, 2.75) is 51.1 Å². The molecule has 1 atom stereocenters. The van der Waals surface area contributed by atoms with Crippen LogP contribution in [0.15, 0.2) is 29.3 Å². The Morgan fingerprint density at radius 2 is 1.85 bits per heavy atom. The van der Waals surface area contributed by atoms with Gasteiger partial charge in [0.05, 0.1) is 19.8 Å². The smallest absolute Gasteiger partial charge is 0.409 e. The van der Waals surface area contributed by atoms with Crippen molar-refractivity contribution >= 4 is 36.0 Å². The number of hydrogen-bond donors (Lipinski definition) is 2.